The molecule has 0 saturated heterocycles. The van der Waals surface area contributed by atoms with Crippen molar-refractivity contribution in [3.8, 4) is 0 Å². The summed E-state index contributed by atoms with van der Waals surface area (Å²) in [6.07, 6.45) is 1.13. The monoisotopic (exact) mass is 251 g/mol. The smallest absolute Gasteiger partial charge is 0.292 e. The summed E-state index contributed by atoms with van der Waals surface area (Å²) in [6.45, 7) is 0. The first-order valence-corrected chi connectivity index (χ1v) is 4.68. The lowest BCUT2D eigenvalue weighted by Gasteiger charge is -2.02. The predicted octanol–water partition coefficient (Wildman–Crippen LogP) is 1.10. The molecule has 2 rings (SSSR count). The van der Waals surface area contributed by atoms with Crippen LogP contribution in [0.5, 0.6) is 0 Å². The summed E-state index contributed by atoms with van der Waals surface area (Å²) in [5, 5.41) is 18.6. The number of nitro benzene ring substituents is 1. The molecule has 0 radical (unpaired) electrons. The molecule has 1 heterocycles. The number of hydrogen-bond acceptors (Lipinski definition) is 5. The Morgan fingerprint density at radius 3 is 2.83 bits per heavy atom. The normalized spacial score (nSPS) is 10.1. The van der Waals surface area contributed by atoms with Crippen LogP contribution in [0, 0.1) is 15.9 Å². The molecule has 18 heavy (non-hydrogen) atoms. The summed E-state index contributed by atoms with van der Waals surface area (Å²) in [5.41, 5.74) is -0.494. The highest BCUT2D eigenvalue weighted by Crippen LogP contribution is 2.20. The van der Waals surface area contributed by atoms with Crippen molar-refractivity contribution in [2.24, 2.45) is 0 Å². The van der Waals surface area contributed by atoms with Gasteiger partial charge >= 0.3 is 0 Å². The van der Waals surface area contributed by atoms with Crippen molar-refractivity contribution in [2.75, 3.05) is 5.32 Å². The van der Waals surface area contributed by atoms with Crippen LogP contribution in [0.3, 0.4) is 0 Å². The van der Waals surface area contributed by atoms with Crippen LogP contribution in [0.2, 0.25) is 0 Å². The molecule has 0 aliphatic heterocycles. The molecule has 0 fully saturated rings. The van der Waals surface area contributed by atoms with Crippen LogP contribution in [-0.2, 0) is 0 Å². The number of benzene rings is 1. The molecule has 0 aliphatic rings. The number of H-pyrrole nitrogens is 1. The number of aromatic amines is 1. The quantitative estimate of drug-likeness (QED) is 0.626. The van der Waals surface area contributed by atoms with Crippen LogP contribution < -0.4 is 5.32 Å². The van der Waals surface area contributed by atoms with Gasteiger partial charge in [-0.2, -0.15) is 5.10 Å². The summed E-state index contributed by atoms with van der Waals surface area (Å²) in [5.74, 6) is -1.58. The van der Waals surface area contributed by atoms with Crippen LogP contribution in [0.4, 0.5) is 15.8 Å². The zero-order chi connectivity index (χ0) is 13.1. The Morgan fingerprint density at radius 1 is 1.44 bits per heavy atom. The average Bonchev–Trinajstić information content (AvgIpc) is 2.81. The molecule has 0 atom stereocenters. The molecule has 0 saturated carbocycles. The second-order valence-corrected chi connectivity index (χ2v) is 3.24. The number of halogens is 1. The second kappa shape index (κ2) is 4.57. The maximum absolute atomic E-state index is 13.1. The molecular weight excluding hydrogens is 245 g/mol. The van der Waals surface area contributed by atoms with Crippen LogP contribution in [0.1, 0.15) is 10.6 Å². The van der Waals surface area contributed by atoms with E-state index >= 15 is 0 Å². The van der Waals surface area contributed by atoms with E-state index in [1.165, 1.54) is 0 Å². The van der Waals surface area contributed by atoms with E-state index < -0.39 is 22.3 Å². The van der Waals surface area contributed by atoms with E-state index in [-0.39, 0.29) is 11.5 Å². The Morgan fingerprint density at radius 2 is 2.22 bits per heavy atom. The minimum Gasteiger partial charge on any atom is -0.319 e. The lowest BCUT2D eigenvalue weighted by atomic mass is 10.2. The second-order valence-electron chi connectivity index (χ2n) is 3.24. The Balaban J connectivity index is 2.24. The number of hydrogen-bond donors (Lipinski definition) is 2. The van der Waals surface area contributed by atoms with Gasteiger partial charge in [0.25, 0.3) is 11.6 Å². The van der Waals surface area contributed by atoms with Gasteiger partial charge in [0.05, 0.1) is 16.7 Å². The molecule has 1 amide bonds. The van der Waals surface area contributed by atoms with E-state index in [1.54, 1.807) is 0 Å². The average molecular weight is 251 g/mol. The molecule has 0 spiro atoms. The van der Waals surface area contributed by atoms with Crippen molar-refractivity contribution in [1.82, 2.24) is 15.2 Å². The van der Waals surface area contributed by atoms with Gasteiger partial charge in [-0.3, -0.25) is 20.0 Å². The topological polar surface area (TPSA) is 114 Å². The van der Waals surface area contributed by atoms with Crippen LogP contribution in [-0.4, -0.2) is 26.0 Å². The van der Waals surface area contributed by atoms with Crippen molar-refractivity contribution in [2.45, 2.75) is 0 Å². The van der Waals surface area contributed by atoms with Crippen molar-refractivity contribution in [3.63, 3.8) is 0 Å². The molecular formula is C9H6FN5O3. The summed E-state index contributed by atoms with van der Waals surface area (Å²) in [7, 11) is 0. The number of rotatable bonds is 3. The number of nitrogens with one attached hydrogen (secondary N) is 2. The lowest BCUT2D eigenvalue weighted by molar-refractivity contribution is -0.385. The first kappa shape index (κ1) is 11.6. The SMILES string of the molecule is O=C(Nc1cc(F)cc([N+](=O)[O-])c1)c1ncn[nH]1. The molecule has 0 unspecified atom stereocenters. The van der Waals surface area contributed by atoms with Gasteiger partial charge in [0.15, 0.2) is 0 Å². The molecule has 0 aliphatic carbocycles. The summed E-state index contributed by atoms with van der Waals surface area (Å²) in [6, 6.07) is 2.75. The Kier molecular flexibility index (Phi) is 2.96. The van der Waals surface area contributed by atoms with E-state index in [1.807, 2.05) is 0 Å². The molecule has 2 aromatic rings. The maximum atomic E-state index is 13.1. The van der Waals surface area contributed by atoms with E-state index in [2.05, 4.69) is 20.5 Å². The van der Waals surface area contributed by atoms with Gasteiger partial charge in [-0.1, -0.05) is 0 Å². The van der Waals surface area contributed by atoms with E-state index in [0.717, 1.165) is 24.5 Å². The highest BCUT2D eigenvalue weighted by molar-refractivity contribution is 6.01. The van der Waals surface area contributed by atoms with Gasteiger partial charge in [-0.25, -0.2) is 9.37 Å². The molecule has 1 aromatic heterocycles. The van der Waals surface area contributed by atoms with Gasteiger partial charge in [0, 0.05) is 6.07 Å². The number of nitrogens with zero attached hydrogens (tertiary/aromatic N) is 3. The van der Waals surface area contributed by atoms with Crippen LogP contribution >= 0.6 is 0 Å². The van der Waals surface area contributed by atoms with Gasteiger partial charge < -0.3 is 5.32 Å². The highest BCUT2D eigenvalue weighted by atomic mass is 19.1. The summed E-state index contributed by atoms with van der Waals surface area (Å²) < 4.78 is 13.1. The number of anilines is 1. The number of carbonyl (C=O) groups is 1. The molecule has 0 bridgehead atoms. The van der Waals surface area contributed by atoms with Crippen molar-refractivity contribution in [3.05, 3.63) is 46.3 Å². The third-order valence-electron chi connectivity index (χ3n) is 1.98. The minimum absolute atomic E-state index is 0.0388. The van der Waals surface area contributed by atoms with E-state index in [9.17, 15) is 19.3 Å². The van der Waals surface area contributed by atoms with Crippen molar-refractivity contribution < 1.29 is 14.1 Å². The van der Waals surface area contributed by atoms with E-state index in [0.29, 0.717) is 0 Å². The number of amides is 1. The van der Waals surface area contributed by atoms with Gasteiger partial charge in [-0.05, 0) is 6.07 Å². The Labute approximate surface area is 99.0 Å². The third kappa shape index (κ3) is 2.45. The lowest BCUT2D eigenvalue weighted by Crippen LogP contribution is -2.14. The van der Waals surface area contributed by atoms with Gasteiger partial charge in [0.1, 0.15) is 12.1 Å². The van der Waals surface area contributed by atoms with Gasteiger partial charge in [-0.15, -0.1) is 0 Å². The fourth-order valence-electron chi connectivity index (χ4n) is 1.26. The van der Waals surface area contributed by atoms with Crippen molar-refractivity contribution >= 4 is 17.3 Å². The number of non-ortho nitro benzene ring substituents is 1. The predicted molar refractivity (Wildman–Crippen MR) is 57.4 cm³/mol. The largest absolute Gasteiger partial charge is 0.319 e. The third-order valence-corrected chi connectivity index (χ3v) is 1.98. The Hall–Kier alpha value is -2.84. The molecule has 9 heteroatoms. The van der Waals surface area contributed by atoms with Crippen LogP contribution in [0.15, 0.2) is 24.5 Å². The molecule has 2 N–H and O–H groups in total. The summed E-state index contributed by atoms with van der Waals surface area (Å²) in [4.78, 5) is 24.9. The first-order chi connectivity index (χ1) is 8.56. The summed E-state index contributed by atoms with van der Waals surface area (Å²) >= 11 is 0. The molecule has 8 nitrogen and oxygen atoms in total. The zero-order valence-electron chi connectivity index (χ0n) is 8.75. The fourth-order valence-corrected chi connectivity index (χ4v) is 1.26. The van der Waals surface area contributed by atoms with Gasteiger partial charge in [0.2, 0.25) is 5.82 Å². The highest BCUT2D eigenvalue weighted by Gasteiger charge is 2.13. The van der Waals surface area contributed by atoms with Crippen molar-refractivity contribution in [1.29, 1.82) is 0 Å². The Bertz CT molecular complexity index is 598. The molecule has 92 valence electrons. The fraction of sp³-hybridized carbons (Fsp3) is 0. The maximum Gasteiger partial charge on any atom is 0.292 e. The number of nitro groups is 1. The van der Waals surface area contributed by atoms with Crippen LogP contribution in [0.25, 0.3) is 0 Å². The zero-order valence-corrected chi connectivity index (χ0v) is 8.75. The number of carbonyl (C=O) groups excluding carboxylic acids is 1. The standard InChI is InChI=1S/C9H6FN5O3/c10-5-1-6(3-7(2-5)15(17)18)13-9(16)8-11-4-12-14-8/h1-4H,(H,13,16)(H,11,12,14). The first-order valence-electron chi connectivity index (χ1n) is 4.68. The minimum atomic E-state index is -0.822. The van der Waals surface area contributed by atoms with E-state index in [4.69, 9.17) is 0 Å². The number of aromatic nitrogens is 3. The molecule has 1 aromatic carbocycles.